The maximum absolute atomic E-state index is 14.1. The van der Waals surface area contributed by atoms with Gasteiger partial charge in [0.2, 0.25) is 0 Å². The summed E-state index contributed by atoms with van der Waals surface area (Å²) in [5, 5.41) is 0. The zero-order valence-electron chi connectivity index (χ0n) is 12.0. The SMILES string of the molecule is CCN(c1ccccc1F)c1cc(OC)ccc1C(N)=S. The second-order valence-electron chi connectivity index (χ2n) is 4.44. The minimum Gasteiger partial charge on any atom is -0.497 e. The summed E-state index contributed by atoms with van der Waals surface area (Å²) < 4.78 is 19.3. The van der Waals surface area contributed by atoms with Crippen LogP contribution < -0.4 is 15.4 Å². The maximum atomic E-state index is 14.1. The number of rotatable bonds is 5. The number of nitrogens with two attached hydrogens (primary N) is 1. The van der Waals surface area contributed by atoms with Crippen molar-refractivity contribution < 1.29 is 9.13 Å². The fraction of sp³-hybridized carbons (Fsp3) is 0.188. The van der Waals surface area contributed by atoms with Gasteiger partial charge in [-0.15, -0.1) is 0 Å². The van der Waals surface area contributed by atoms with Crippen LogP contribution >= 0.6 is 12.2 Å². The molecule has 0 saturated carbocycles. The van der Waals surface area contributed by atoms with Gasteiger partial charge in [-0.3, -0.25) is 0 Å². The van der Waals surface area contributed by atoms with Gasteiger partial charge >= 0.3 is 0 Å². The summed E-state index contributed by atoms with van der Waals surface area (Å²) in [6.45, 7) is 2.51. The molecule has 0 spiro atoms. The van der Waals surface area contributed by atoms with E-state index in [1.165, 1.54) is 6.07 Å². The molecule has 3 nitrogen and oxygen atoms in total. The van der Waals surface area contributed by atoms with E-state index in [9.17, 15) is 4.39 Å². The Balaban J connectivity index is 2.61. The average molecular weight is 304 g/mol. The van der Waals surface area contributed by atoms with Gasteiger partial charge in [0.05, 0.1) is 18.5 Å². The number of anilines is 2. The third-order valence-corrected chi connectivity index (χ3v) is 3.44. The summed E-state index contributed by atoms with van der Waals surface area (Å²) in [4.78, 5) is 2.09. The van der Waals surface area contributed by atoms with Gasteiger partial charge in [0.1, 0.15) is 16.6 Å². The van der Waals surface area contributed by atoms with Gasteiger partial charge in [0, 0.05) is 18.2 Å². The zero-order chi connectivity index (χ0) is 15.4. The summed E-state index contributed by atoms with van der Waals surface area (Å²) >= 11 is 5.10. The second kappa shape index (κ2) is 6.54. The molecular formula is C16H17FN2OS. The molecule has 0 aliphatic heterocycles. The molecule has 0 amide bonds. The Morgan fingerprint density at radius 2 is 1.95 bits per heavy atom. The van der Waals surface area contributed by atoms with Gasteiger partial charge in [0.15, 0.2) is 0 Å². The highest BCUT2D eigenvalue weighted by Gasteiger charge is 2.17. The minimum atomic E-state index is -0.295. The first-order valence-corrected chi connectivity index (χ1v) is 6.99. The van der Waals surface area contributed by atoms with Crippen molar-refractivity contribution in [3.8, 4) is 5.75 Å². The molecule has 0 fully saturated rings. The number of methoxy groups -OCH3 is 1. The zero-order valence-corrected chi connectivity index (χ0v) is 12.8. The molecule has 0 aliphatic carbocycles. The van der Waals surface area contributed by atoms with E-state index in [4.69, 9.17) is 22.7 Å². The van der Waals surface area contributed by atoms with E-state index < -0.39 is 0 Å². The van der Waals surface area contributed by atoms with Crippen molar-refractivity contribution in [2.45, 2.75) is 6.92 Å². The van der Waals surface area contributed by atoms with E-state index in [-0.39, 0.29) is 10.8 Å². The van der Waals surface area contributed by atoms with Crippen LogP contribution in [0.4, 0.5) is 15.8 Å². The van der Waals surface area contributed by atoms with Crippen molar-refractivity contribution in [1.82, 2.24) is 0 Å². The van der Waals surface area contributed by atoms with Crippen molar-refractivity contribution in [3.63, 3.8) is 0 Å². The molecule has 2 aromatic rings. The Bertz CT molecular complexity index is 660. The first kappa shape index (κ1) is 15.3. The molecule has 2 rings (SSSR count). The van der Waals surface area contributed by atoms with Crippen LogP contribution in [0.15, 0.2) is 42.5 Å². The number of halogens is 1. The third kappa shape index (κ3) is 3.13. The molecule has 5 heteroatoms. The number of para-hydroxylation sites is 1. The summed E-state index contributed by atoms with van der Waals surface area (Å²) in [6, 6.07) is 12.0. The molecule has 0 heterocycles. The van der Waals surface area contributed by atoms with Crippen LogP contribution in [-0.4, -0.2) is 18.6 Å². The predicted octanol–water partition coefficient (Wildman–Crippen LogP) is 3.63. The largest absolute Gasteiger partial charge is 0.497 e. The fourth-order valence-electron chi connectivity index (χ4n) is 2.21. The van der Waals surface area contributed by atoms with Gasteiger partial charge in [-0.2, -0.15) is 0 Å². The van der Waals surface area contributed by atoms with Crippen molar-refractivity contribution in [2.24, 2.45) is 5.73 Å². The second-order valence-corrected chi connectivity index (χ2v) is 4.88. The summed E-state index contributed by atoms with van der Waals surface area (Å²) in [5.41, 5.74) is 7.68. The van der Waals surface area contributed by atoms with Crippen LogP contribution in [0.5, 0.6) is 5.75 Å². The quantitative estimate of drug-likeness (QED) is 0.856. The van der Waals surface area contributed by atoms with E-state index in [1.807, 2.05) is 17.9 Å². The molecule has 21 heavy (non-hydrogen) atoms. The number of hydrogen-bond donors (Lipinski definition) is 1. The molecule has 2 N–H and O–H groups in total. The Morgan fingerprint density at radius 1 is 1.24 bits per heavy atom. The summed E-state index contributed by atoms with van der Waals surface area (Å²) in [7, 11) is 1.58. The van der Waals surface area contributed by atoms with Crippen molar-refractivity contribution in [2.75, 3.05) is 18.6 Å². The molecule has 0 radical (unpaired) electrons. The molecule has 0 aromatic heterocycles. The predicted molar refractivity (Wildman–Crippen MR) is 88.0 cm³/mol. The monoisotopic (exact) mass is 304 g/mol. The number of nitrogens with zero attached hydrogens (tertiary/aromatic N) is 1. The highest BCUT2D eigenvalue weighted by Crippen LogP contribution is 2.33. The smallest absolute Gasteiger partial charge is 0.146 e. The molecular weight excluding hydrogens is 287 g/mol. The lowest BCUT2D eigenvalue weighted by molar-refractivity contribution is 0.415. The van der Waals surface area contributed by atoms with Crippen LogP contribution in [0.1, 0.15) is 12.5 Å². The minimum absolute atomic E-state index is 0.266. The maximum Gasteiger partial charge on any atom is 0.146 e. The average Bonchev–Trinajstić information content (AvgIpc) is 2.49. The number of ether oxygens (including phenoxy) is 1. The lowest BCUT2D eigenvalue weighted by Gasteiger charge is -2.26. The topological polar surface area (TPSA) is 38.5 Å². The number of benzene rings is 2. The molecule has 0 atom stereocenters. The van der Waals surface area contributed by atoms with Gasteiger partial charge in [-0.1, -0.05) is 24.4 Å². The van der Waals surface area contributed by atoms with Crippen LogP contribution in [-0.2, 0) is 0 Å². The van der Waals surface area contributed by atoms with E-state index in [2.05, 4.69) is 0 Å². The van der Waals surface area contributed by atoms with Crippen molar-refractivity contribution in [1.29, 1.82) is 0 Å². The van der Waals surface area contributed by atoms with Crippen LogP contribution in [0.25, 0.3) is 0 Å². The molecule has 0 saturated heterocycles. The lowest BCUT2D eigenvalue weighted by Crippen LogP contribution is -2.22. The van der Waals surface area contributed by atoms with Gasteiger partial charge in [-0.05, 0) is 31.2 Å². The van der Waals surface area contributed by atoms with E-state index in [0.29, 0.717) is 23.5 Å². The fourth-order valence-corrected chi connectivity index (χ4v) is 2.38. The van der Waals surface area contributed by atoms with Gasteiger partial charge in [0.25, 0.3) is 0 Å². The Kier molecular flexibility index (Phi) is 4.75. The summed E-state index contributed by atoms with van der Waals surface area (Å²) in [5.74, 6) is 0.371. The molecule has 110 valence electrons. The number of thiocarbonyl (C=S) groups is 1. The Hall–Kier alpha value is -2.14. The van der Waals surface area contributed by atoms with Crippen LogP contribution in [0.3, 0.4) is 0 Å². The first-order valence-electron chi connectivity index (χ1n) is 6.58. The van der Waals surface area contributed by atoms with E-state index >= 15 is 0 Å². The van der Waals surface area contributed by atoms with E-state index in [1.54, 1.807) is 37.4 Å². The van der Waals surface area contributed by atoms with Gasteiger partial charge < -0.3 is 15.4 Å². The highest BCUT2D eigenvalue weighted by atomic mass is 32.1. The first-order chi connectivity index (χ1) is 10.1. The standard InChI is InChI=1S/C16H17FN2OS/c1-3-19(14-7-5-4-6-13(14)17)15-10-11(20-2)8-9-12(15)16(18)21/h4-10H,3H2,1-2H3,(H2,18,21). The Morgan fingerprint density at radius 3 is 2.52 bits per heavy atom. The molecule has 0 unspecified atom stereocenters. The van der Waals surface area contributed by atoms with Crippen LogP contribution in [0.2, 0.25) is 0 Å². The number of hydrogen-bond acceptors (Lipinski definition) is 3. The molecule has 2 aromatic carbocycles. The van der Waals surface area contributed by atoms with E-state index in [0.717, 1.165) is 5.69 Å². The lowest BCUT2D eigenvalue weighted by atomic mass is 10.1. The summed E-state index contributed by atoms with van der Waals surface area (Å²) in [6.07, 6.45) is 0. The molecule has 0 bridgehead atoms. The normalized spacial score (nSPS) is 10.2. The van der Waals surface area contributed by atoms with Crippen molar-refractivity contribution in [3.05, 3.63) is 53.8 Å². The Labute approximate surface area is 129 Å². The molecule has 0 aliphatic rings. The third-order valence-electron chi connectivity index (χ3n) is 3.22. The van der Waals surface area contributed by atoms with Crippen molar-refractivity contribution >= 4 is 28.6 Å². The highest BCUT2D eigenvalue weighted by molar-refractivity contribution is 7.80. The van der Waals surface area contributed by atoms with Gasteiger partial charge in [-0.25, -0.2) is 4.39 Å². The van der Waals surface area contributed by atoms with Crippen LogP contribution in [0, 0.1) is 5.82 Å².